The Morgan fingerprint density at radius 1 is 1.17 bits per heavy atom. The molecule has 0 bridgehead atoms. The second-order valence-corrected chi connectivity index (χ2v) is 2.47. The number of para-hydroxylation sites is 1. The lowest BCUT2D eigenvalue weighted by Crippen LogP contribution is -1.76. The van der Waals surface area contributed by atoms with E-state index in [2.05, 4.69) is 9.98 Å². The number of aliphatic imine (C=N–C) groups is 2. The minimum atomic E-state index is 0.998. The van der Waals surface area contributed by atoms with E-state index >= 15 is 0 Å². The lowest BCUT2D eigenvalue weighted by Gasteiger charge is -1.95. The summed E-state index contributed by atoms with van der Waals surface area (Å²) in [6.07, 6.45) is 3.37. The molecule has 1 aromatic carbocycles. The molecule has 0 N–H and O–H groups in total. The van der Waals surface area contributed by atoms with Gasteiger partial charge in [0.15, 0.2) is 0 Å². The molecule has 0 saturated carbocycles. The molecule has 0 aliphatic rings. The van der Waals surface area contributed by atoms with Gasteiger partial charge >= 0.3 is 0 Å². The molecule has 0 atom stereocenters. The van der Waals surface area contributed by atoms with Crippen molar-refractivity contribution in [3.8, 4) is 0 Å². The van der Waals surface area contributed by atoms with Crippen LogP contribution in [0.25, 0.3) is 0 Å². The van der Waals surface area contributed by atoms with Gasteiger partial charge in [-0.2, -0.15) is 0 Å². The van der Waals surface area contributed by atoms with Gasteiger partial charge in [0.05, 0.1) is 5.69 Å². The summed E-state index contributed by atoms with van der Waals surface area (Å²) < 4.78 is 0. The minimum absolute atomic E-state index is 0.998. The minimum Gasteiger partial charge on any atom is -0.295 e. The number of hydrogen-bond acceptors (Lipinski definition) is 2. The number of benzene rings is 1. The first-order valence-electron chi connectivity index (χ1n) is 3.85. The van der Waals surface area contributed by atoms with Gasteiger partial charge in [0.1, 0.15) is 0 Å². The van der Waals surface area contributed by atoms with Crippen LogP contribution in [0.15, 0.2) is 34.3 Å². The maximum Gasteiger partial charge on any atom is 0.0659 e. The Morgan fingerprint density at radius 3 is 2.58 bits per heavy atom. The average molecular weight is 160 g/mol. The molecule has 0 aromatic heterocycles. The fourth-order valence-electron chi connectivity index (χ4n) is 0.889. The van der Waals surface area contributed by atoms with Gasteiger partial charge < -0.3 is 0 Å². The molecule has 2 nitrogen and oxygen atoms in total. The van der Waals surface area contributed by atoms with Gasteiger partial charge in [-0.15, -0.1) is 0 Å². The van der Waals surface area contributed by atoms with Crippen molar-refractivity contribution in [2.45, 2.75) is 6.92 Å². The van der Waals surface area contributed by atoms with E-state index in [1.54, 1.807) is 19.5 Å². The predicted octanol–water partition coefficient (Wildman–Crippen LogP) is 2.40. The third-order valence-corrected chi connectivity index (χ3v) is 1.54. The normalized spacial score (nSPS) is 11.5. The van der Waals surface area contributed by atoms with Crippen LogP contribution in [0.5, 0.6) is 0 Å². The Morgan fingerprint density at radius 2 is 1.92 bits per heavy atom. The topological polar surface area (TPSA) is 24.7 Å². The highest BCUT2D eigenvalue weighted by Crippen LogP contribution is 2.15. The lowest BCUT2D eigenvalue weighted by molar-refractivity contribution is 1.41. The SMILES string of the molecule is CN=CC=Nc1ccccc1C. The molecular weight excluding hydrogens is 148 g/mol. The summed E-state index contributed by atoms with van der Waals surface area (Å²) in [5.74, 6) is 0. The largest absolute Gasteiger partial charge is 0.295 e. The highest BCUT2D eigenvalue weighted by atomic mass is 14.7. The van der Waals surface area contributed by atoms with Gasteiger partial charge in [-0.3, -0.25) is 9.98 Å². The first-order chi connectivity index (χ1) is 5.84. The van der Waals surface area contributed by atoms with E-state index in [0.29, 0.717) is 0 Å². The van der Waals surface area contributed by atoms with Crippen LogP contribution in [-0.4, -0.2) is 19.5 Å². The maximum absolute atomic E-state index is 4.22. The quantitative estimate of drug-likeness (QED) is 0.593. The van der Waals surface area contributed by atoms with E-state index in [4.69, 9.17) is 0 Å². The molecule has 0 saturated heterocycles. The van der Waals surface area contributed by atoms with E-state index in [0.717, 1.165) is 5.69 Å². The monoisotopic (exact) mass is 160 g/mol. The molecule has 1 aromatic rings. The van der Waals surface area contributed by atoms with Gasteiger partial charge in [-0.25, -0.2) is 0 Å². The zero-order valence-corrected chi connectivity index (χ0v) is 7.36. The Bertz CT molecular complexity index is 300. The number of nitrogens with zero attached hydrogens (tertiary/aromatic N) is 2. The van der Waals surface area contributed by atoms with Gasteiger partial charge in [-0.05, 0) is 18.6 Å². The molecule has 0 unspecified atom stereocenters. The summed E-state index contributed by atoms with van der Waals surface area (Å²) in [6.45, 7) is 2.04. The number of hydrogen-bond donors (Lipinski definition) is 0. The van der Waals surface area contributed by atoms with Gasteiger partial charge in [0, 0.05) is 19.5 Å². The van der Waals surface area contributed by atoms with E-state index in [1.807, 2.05) is 31.2 Å². The van der Waals surface area contributed by atoms with Crippen molar-refractivity contribution in [3.63, 3.8) is 0 Å². The molecule has 12 heavy (non-hydrogen) atoms. The van der Waals surface area contributed by atoms with Crippen LogP contribution < -0.4 is 0 Å². The predicted molar refractivity (Wildman–Crippen MR) is 53.7 cm³/mol. The zero-order valence-electron chi connectivity index (χ0n) is 7.36. The highest BCUT2D eigenvalue weighted by molar-refractivity contribution is 6.16. The number of aryl methyl sites for hydroxylation is 1. The Hall–Kier alpha value is -1.44. The molecule has 0 aliphatic carbocycles. The second-order valence-electron chi connectivity index (χ2n) is 2.47. The van der Waals surface area contributed by atoms with Crippen molar-refractivity contribution < 1.29 is 0 Å². The van der Waals surface area contributed by atoms with Crippen LogP contribution in [0.2, 0.25) is 0 Å². The summed E-state index contributed by atoms with van der Waals surface area (Å²) >= 11 is 0. The Kier molecular flexibility index (Phi) is 3.20. The molecule has 0 radical (unpaired) electrons. The second kappa shape index (κ2) is 4.44. The average Bonchev–Trinajstić information content (AvgIpc) is 2.09. The van der Waals surface area contributed by atoms with Gasteiger partial charge in [0.25, 0.3) is 0 Å². The van der Waals surface area contributed by atoms with Gasteiger partial charge in [0.2, 0.25) is 0 Å². The molecule has 2 heteroatoms. The maximum atomic E-state index is 4.22. The molecular formula is C10H12N2. The fourth-order valence-corrected chi connectivity index (χ4v) is 0.889. The third-order valence-electron chi connectivity index (χ3n) is 1.54. The van der Waals surface area contributed by atoms with Crippen molar-refractivity contribution in [1.82, 2.24) is 0 Å². The van der Waals surface area contributed by atoms with Crippen molar-refractivity contribution in [2.75, 3.05) is 7.05 Å². The summed E-state index contributed by atoms with van der Waals surface area (Å²) in [6, 6.07) is 8.00. The molecule has 0 fully saturated rings. The van der Waals surface area contributed by atoms with Crippen molar-refractivity contribution in [2.24, 2.45) is 9.98 Å². The zero-order chi connectivity index (χ0) is 8.81. The Balaban J connectivity index is 2.82. The summed E-state index contributed by atoms with van der Waals surface area (Å²) in [4.78, 5) is 8.03. The van der Waals surface area contributed by atoms with Crippen molar-refractivity contribution in [3.05, 3.63) is 29.8 Å². The fraction of sp³-hybridized carbons (Fsp3) is 0.200. The van der Waals surface area contributed by atoms with Crippen LogP contribution in [0.1, 0.15) is 5.56 Å². The number of rotatable bonds is 2. The van der Waals surface area contributed by atoms with Crippen LogP contribution >= 0.6 is 0 Å². The molecule has 0 spiro atoms. The van der Waals surface area contributed by atoms with Crippen LogP contribution in [-0.2, 0) is 0 Å². The molecule has 0 amide bonds. The molecule has 62 valence electrons. The van der Waals surface area contributed by atoms with E-state index < -0.39 is 0 Å². The first-order valence-corrected chi connectivity index (χ1v) is 3.85. The molecule has 0 aliphatic heterocycles. The van der Waals surface area contributed by atoms with Crippen molar-refractivity contribution in [1.29, 1.82) is 0 Å². The lowest BCUT2D eigenvalue weighted by atomic mass is 10.2. The molecule has 1 rings (SSSR count). The van der Waals surface area contributed by atoms with E-state index in [9.17, 15) is 0 Å². The summed E-state index contributed by atoms with van der Waals surface area (Å²) in [5.41, 5.74) is 2.18. The van der Waals surface area contributed by atoms with Crippen LogP contribution in [0, 0.1) is 6.92 Å². The standard InChI is InChI=1S/C10H12N2/c1-9-5-3-4-6-10(9)12-8-7-11-2/h3-8H,1-2H3. The van der Waals surface area contributed by atoms with Crippen LogP contribution in [0.3, 0.4) is 0 Å². The van der Waals surface area contributed by atoms with E-state index in [1.165, 1.54) is 5.56 Å². The first kappa shape index (κ1) is 8.65. The van der Waals surface area contributed by atoms with E-state index in [-0.39, 0.29) is 0 Å². The van der Waals surface area contributed by atoms with Crippen molar-refractivity contribution >= 4 is 18.1 Å². The van der Waals surface area contributed by atoms with Gasteiger partial charge in [-0.1, -0.05) is 18.2 Å². The Labute approximate surface area is 72.7 Å². The van der Waals surface area contributed by atoms with Crippen LogP contribution in [0.4, 0.5) is 5.69 Å². The smallest absolute Gasteiger partial charge is 0.0659 e. The highest BCUT2D eigenvalue weighted by Gasteiger charge is 1.89. The summed E-state index contributed by atoms with van der Waals surface area (Å²) in [7, 11) is 1.73. The third kappa shape index (κ3) is 2.31. The summed E-state index contributed by atoms with van der Waals surface area (Å²) in [5, 5.41) is 0. The molecule has 0 heterocycles.